The molecule has 8 heteroatoms. The van der Waals surface area contributed by atoms with E-state index in [2.05, 4.69) is 0 Å². The van der Waals surface area contributed by atoms with E-state index < -0.39 is 0 Å². The number of rotatable bonds is 0. The summed E-state index contributed by atoms with van der Waals surface area (Å²) in [5.41, 5.74) is 51.7. The maximum absolute atomic E-state index is 5.77. The van der Waals surface area contributed by atoms with Gasteiger partial charge in [-0.1, -0.05) is 66.7 Å². The van der Waals surface area contributed by atoms with Gasteiger partial charge in [0.1, 0.15) is 0 Å². The number of benzene rings is 8. The molecular formula is C40H40N8. The third-order valence-electron chi connectivity index (χ3n) is 7.70. The number of hydrogen-bond acceptors (Lipinski definition) is 8. The van der Waals surface area contributed by atoms with E-state index >= 15 is 0 Å². The van der Waals surface area contributed by atoms with Crippen molar-refractivity contribution in [1.29, 1.82) is 0 Å². The van der Waals surface area contributed by atoms with Gasteiger partial charge in [-0.15, -0.1) is 0 Å². The molecule has 240 valence electrons. The summed E-state index contributed by atoms with van der Waals surface area (Å²) in [5.74, 6) is 0. The number of fused-ring (bicyclic) bond motifs is 4. The standard InChI is InChI=1S/4C10H10N2/c11-9-3-1-7-5-10(12)4-2-8(7)6-9;11-9-3-1-7-2-4-10(12)6-8(7)5-9;11-9-5-1-3-7-8(9)4-2-6-10(7)12;11-8-4-5-9-7(6-8)2-1-3-10(9)12/h4*1-6H,11-12H2. The molecule has 0 fully saturated rings. The molecule has 0 unspecified atom stereocenters. The molecular weight excluding hydrogens is 592 g/mol. The first kappa shape index (κ1) is 32.6. The Morgan fingerprint density at radius 3 is 1.02 bits per heavy atom. The van der Waals surface area contributed by atoms with Crippen LogP contribution in [0.1, 0.15) is 0 Å². The minimum atomic E-state index is 0.771. The molecule has 8 rings (SSSR count). The van der Waals surface area contributed by atoms with E-state index in [-0.39, 0.29) is 0 Å². The van der Waals surface area contributed by atoms with Crippen LogP contribution in [0.2, 0.25) is 0 Å². The molecule has 48 heavy (non-hydrogen) atoms. The second kappa shape index (κ2) is 14.5. The average Bonchev–Trinajstić information content (AvgIpc) is 3.06. The van der Waals surface area contributed by atoms with Crippen LogP contribution in [0, 0.1) is 0 Å². The highest BCUT2D eigenvalue weighted by Crippen LogP contribution is 2.25. The van der Waals surface area contributed by atoms with Crippen molar-refractivity contribution in [2.75, 3.05) is 45.9 Å². The van der Waals surface area contributed by atoms with E-state index in [0.717, 1.165) is 83.2 Å². The Balaban J connectivity index is 0.000000125. The smallest absolute Gasteiger partial charge is 0.0394 e. The zero-order chi connectivity index (χ0) is 34.2. The summed E-state index contributed by atoms with van der Waals surface area (Å²) in [6, 6.07) is 46.2. The molecule has 0 radical (unpaired) electrons. The van der Waals surface area contributed by atoms with Gasteiger partial charge in [0.2, 0.25) is 0 Å². The van der Waals surface area contributed by atoms with Gasteiger partial charge in [-0.25, -0.2) is 0 Å². The first-order valence-electron chi connectivity index (χ1n) is 15.2. The second-order valence-corrected chi connectivity index (χ2v) is 11.3. The SMILES string of the molecule is Nc1ccc2c(N)cccc2c1.Nc1ccc2cc(N)ccc2c1.Nc1ccc2ccc(N)cc2c1.Nc1cccc2c(N)cccc12. The van der Waals surface area contributed by atoms with Crippen LogP contribution in [0.3, 0.4) is 0 Å². The summed E-state index contributed by atoms with van der Waals surface area (Å²) in [7, 11) is 0. The zero-order valence-corrected chi connectivity index (χ0v) is 26.5. The summed E-state index contributed by atoms with van der Waals surface area (Å²) in [6.45, 7) is 0. The highest BCUT2D eigenvalue weighted by atomic mass is 14.6. The van der Waals surface area contributed by atoms with Crippen molar-refractivity contribution in [3.63, 3.8) is 0 Å². The Labute approximate surface area is 279 Å². The van der Waals surface area contributed by atoms with E-state index in [1.54, 1.807) is 0 Å². The van der Waals surface area contributed by atoms with Gasteiger partial charge in [0.05, 0.1) is 0 Å². The molecule has 0 spiro atoms. The number of nitrogen functional groups attached to an aromatic ring is 8. The number of anilines is 8. The van der Waals surface area contributed by atoms with Gasteiger partial charge in [-0.05, 0) is 106 Å². The Morgan fingerprint density at radius 2 is 0.562 bits per heavy atom. The zero-order valence-electron chi connectivity index (χ0n) is 26.5. The summed E-state index contributed by atoms with van der Waals surface area (Å²) in [4.78, 5) is 0. The molecule has 0 saturated heterocycles. The van der Waals surface area contributed by atoms with E-state index in [9.17, 15) is 0 Å². The lowest BCUT2D eigenvalue weighted by Crippen LogP contribution is -1.90. The summed E-state index contributed by atoms with van der Waals surface area (Å²) >= 11 is 0. The molecule has 0 aliphatic heterocycles. The van der Waals surface area contributed by atoms with Crippen LogP contribution in [0.4, 0.5) is 45.5 Å². The number of hydrogen-bond donors (Lipinski definition) is 8. The second-order valence-electron chi connectivity index (χ2n) is 11.3. The Hall–Kier alpha value is -6.80. The Kier molecular flexibility index (Phi) is 9.87. The van der Waals surface area contributed by atoms with Crippen LogP contribution < -0.4 is 45.9 Å². The van der Waals surface area contributed by atoms with Crippen LogP contribution in [-0.2, 0) is 0 Å². The lowest BCUT2D eigenvalue weighted by Gasteiger charge is -2.03. The summed E-state index contributed by atoms with van der Waals surface area (Å²) < 4.78 is 0. The first-order valence-corrected chi connectivity index (χ1v) is 15.2. The highest BCUT2D eigenvalue weighted by molar-refractivity contribution is 6.00. The minimum Gasteiger partial charge on any atom is -0.399 e. The van der Waals surface area contributed by atoms with Gasteiger partial charge < -0.3 is 45.9 Å². The predicted octanol–water partition coefficient (Wildman–Crippen LogP) is 8.02. The van der Waals surface area contributed by atoms with E-state index in [0.29, 0.717) is 0 Å². The predicted molar refractivity (Wildman–Crippen MR) is 211 cm³/mol. The van der Waals surface area contributed by atoms with Gasteiger partial charge in [0.25, 0.3) is 0 Å². The number of nitrogens with two attached hydrogens (primary N) is 8. The summed E-state index contributed by atoms with van der Waals surface area (Å²) in [6.07, 6.45) is 0. The quantitative estimate of drug-likeness (QED) is 0.0766. The molecule has 8 nitrogen and oxygen atoms in total. The normalized spacial score (nSPS) is 10.3. The monoisotopic (exact) mass is 632 g/mol. The van der Waals surface area contributed by atoms with Crippen molar-refractivity contribution in [2.45, 2.75) is 0 Å². The van der Waals surface area contributed by atoms with E-state index in [4.69, 9.17) is 45.9 Å². The Bertz CT molecular complexity index is 2220. The van der Waals surface area contributed by atoms with Crippen molar-refractivity contribution < 1.29 is 0 Å². The summed E-state index contributed by atoms with van der Waals surface area (Å²) in [5, 5.41) is 8.72. The maximum Gasteiger partial charge on any atom is 0.0394 e. The van der Waals surface area contributed by atoms with Crippen molar-refractivity contribution in [2.24, 2.45) is 0 Å². The van der Waals surface area contributed by atoms with E-state index in [1.165, 1.54) is 5.39 Å². The molecule has 0 amide bonds. The largest absolute Gasteiger partial charge is 0.399 e. The van der Waals surface area contributed by atoms with Gasteiger partial charge in [0.15, 0.2) is 0 Å². The molecule has 0 heterocycles. The topological polar surface area (TPSA) is 208 Å². The fourth-order valence-electron chi connectivity index (χ4n) is 5.25. The van der Waals surface area contributed by atoms with Gasteiger partial charge in [0, 0.05) is 61.7 Å². The van der Waals surface area contributed by atoms with Crippen molar-refractivity contribution in [3.05, 3.63) is 146 Å². The molecule has 8 aromatic carbocycles. The maximum atomic E-state index is 5.77. The van der Waals surface area contributed by atoms with Gasteiger partial charge >= 0.3 is 0 Å². The highest BCUT2D eigenvalue weighted by Gasteiger charge is 1.99. The molecule has 0 atom stereocenters. The van der Waals surface area contributed by atoms with Crippen LogP contribution in [0.5, 0.6) is 0 Å². The fourth-order valence-corrected chi connectivity index (χ4v) is 5.25. The Morgan fingerprint density at radius 1 is 0.229 bits per heavy atom. The first-order chi connectivity index (χ1) is 23.1. The van der Waals surface area contributed by atoms with Crippen molar-refractivity contribution in [1.82, 2.24) is 0 Å². The molecule has 0 bridgehead atoms. The van der Waals surface area contributed by atoms with E-state index in [1.807, 2.05) is 146 Å². The van der Waals surface area contributed by atoms with Crippen LogP contribution in [-0.4, -0.2) is 0 Å². The van der Waals surface area contributed by atoms with Crippen LogP contribution in [0.25, 0.3) is 43.1 Å². The molecule has 0 aliphatic carbocycles. The van der Waals surface area contributed by atoms with Gasteiger partial charge in [-0.2, -0.15) is 0 Å². The van der Waals surface area contributed by atoms with Crippen molar-refractivity contribution in [3.8, 4) is 0 Å². The van der Waals surface area contributed by atoms with Gasteiger partial charge in [-0.3, -0.25) is 0 Å². The molecule has 0 aliphatic rings. The van der Waals surface area contributed by atoms with Crippen LogP contribution >= 0.6 is 0 Å². The fraction of sp³-hybridized carbons (Fsp3) is 0. The molecule has 0 aromatic heterocycles. The molecule has 8 aromatic rings. The lowest BCUT2D eigenvalue weighted by atomic mass is 10.1. The lowest BCUT2D eigenvalue weighted by molar-refractivity contribution is 1.71. The third kappa shape index (κ3) is 8.07. The average molecular weight is 633 g/mol. The molecule has 0 saturated carbocycles. The molecule has 16 N–H and O–H groups in total. The minimum absolute atomic E-state index is 0.771. The third-order valence-corrected chi connectivity index (χ3v) is 7.70. The van der Waals surface area contributed by atoms with Crippen LogP contribution in [0.15, 0.2) is 146 Å². The van der Waals surface area contributed by atoms with Crippen molar-refractivity contribution >= 4 is 88.6 Å².